The molecular weight excluding hydrogens is 296 g/mol. The Balaban J connectivity index is 1.99. The SMILES string of the molecule is CN(CC1CCCO1)C(=O)Nc1cc(Cl)cc(C(=O)O)c1. The molecule has 0 aliphatic carbocycles. The average Bonchev–Trinajstić information content (AvgIpc) is 2.90. The lowest BCUT2D eigenvalue weighted by atomic mass is 10.2. The number of carboxylic acids is 1. The number of aromatic carboxylic acids is 1. The molecule has 0 spiro atoms. The van der Waals surface area contributed by atoms with Crippen LogP contribution in [0.5, 0.6) is 0 Å². The quantitative estimate of drug-likeness (QED) is 0.896. The van der Waals surface area contributed by atoms with Crippen LogP contribution in [0.2, 0.25) is 5.02 Å². The van der Waals surface area contributed by atoms with Crippen LogP contribution in [0.25, 0.3) is 0 Å². The summed E-state index contributed by atoms with van der Waals surface area (Å²) in [4.78, 5) is 24.5. The molecule has 2 rings (SSSR count). The Kier molecular flexibility index (Phi) is 5.03. The summed E-state index contributed by atoms with van der Waals surface area (Å²) in [7, 11) is 1.67. The smallest absolute Gasteiger partial charge is 0.335 e. The van der Waals surface area contributed by atoms with Gasteiger partial charge in [0.25, 0.3) is 0 Å². The van der Waals surface area contributed by atoms with Crippen LogP contribution in [0.15, 0.2) is 18.2 Å². The molecule has 1 aromatic carbocycles. The van der Waals surface area contributed by atoms with E-state index in [0.717, 1.165) is 19.4 Å². The largest absolute Gasteiger partial charge is 0.478 e. The molecule has 0 saturated carbocycles. The Morgan fingerprint density at radius 1 is 1.48 bits per heavy atom. The molecule has 6 nitrogen and oxygen atoms in total. The number of anilines is 1. The summed E-state index contributed by atoms with van der Waals surface area (Å²) in [5.74, 6) is -1.10. The molecule has 1 aromatic rings. The van der Waals surface area contributed by atoms with Gasteiger partial charge in [-0.15, -0.1) is 0 Å². The first-order valence-corrected chi connectivity index (χ1v) is 7.01. The molecule has 1 heterocycles. The molecular formula is C14H17ClN2O4. The van der Waals surface area contributed by atoms with Gasteiger partial charge in [-0.05, 0) is 31.0 Å². The number of benzene rings is 1. The highest BCUT2D eigenvalue weighted by Gasteiger charge is 2.20. The Hall–Kier alpha value is -1.79. The van der Waals surface area contributed by atoms with E-state index >= 15 is 0 Å². The van der Waals surface area contributed by atoms with Gasteiger partial charge in [-0.1, -0.05) is 11.6 Å². The molecule has 0 bridgehead atoms. The first kappa shape index (κ1) is 15.6. The molecule has 21 heavy (non-hydrogen) atoms. The number of rotatable bonds is 4. The second-order valence-electron chi connectivity index (χ2n) is 4.98. The maximum Gasteiger partial charge on any atom is 0.335 e. The number of carbonyl (C=O) groups is 2. The van der Waals surface area contributed by atoms with E-state index < -0.39 is 5.97 Å². The molecule has 1 fully saturated rings. The van der Waals surface area contributed by atoms with Crippen molar-refractivity contribution in [3.05, 3.63) is 28.8 Å². The number of halogens is 1. The van der Waals surface area contributed by atoms with Crippen LogP contribution in [0.4, 0.5) is 10.5 Å². The third kappa shape index (κ3) is 4.34. The van der Waals surface area contributed by atoms with Crippen molar-refractivity contribution in [2.45, 2.75) is 18.9 Å². The van der Waals surface area contributed by atoms with Crippen LogP contribution in [0.1, 0.15) is 23.2 Å². The number of likely N-dealkylation sites (N-methyl/N-ethyl adjacent to an activating group) is 1. The van der Waals surface area contributed by atoms with Gasteiger partial charge in [-0.3, -0.25) is 0 Å². The van der Waals surface area contributed by atoms with Gasteiger partial charge in [0.05, 0.1) is 11.7 Å². The topological polar surface area (TPSA) is 78.9 Å². The highest BCUT2D eigenvalue weighted by molar-refractivity contribution is 6.31. The number of amides is 2. The number of ether oxygens (including phenoxy) is 1. The van der Waals surface area contributed by atoms with Crippen molar-refractivity contribution < 1.29 is 19.4 Å². The molecule has 1 unspecified atom stereocenters. The second kappa shape index (κ2) is 6.78. The standard InChI is InChI=1S/C14H17ClN2O4/c1-17(8-12-3-2-4-21-12)14(20)16-11-6-9(13(18)19)5-10(15)7-11/h5-7,12H,2-4,8H2,1H3,(H,16,20)(H,18,19). The predicted molar refractivity (Wildman–Crippen MR) is 79.0 cm³/mol. The Bertz CT molecular complexity index is 544. The lowest BCUT2D eigenvalue weighted by Gasteiger charge is -2.21. The number of hydrogen-bond acceptors (Lipinski definition) is 3. The first-order chi connectivity index (χ1) is 9.95. The monoisotopic (exact) mass is 312 g/mol. The summed E-state index contributed by atoms with van der Waals surface area (Å²) in [5, 5.41) is 11.9. The van der Waals surface area contributed by atoms with Crippen molar-refractivity contribution in [2.24, 2.45) is 0 Å². The summed E-state index contributed by atoms with van der Waals surface area (Å²) < 4.78 is 5.47. The minimum atomic E-state index is -1.10. The number of nitrogens with one attached hydrogen (secondary N) is 1. The van der Waals surface area contributed by atoms with E-state index in [-0.39, 0.29) is 22.7 Å². The predicted octanol–water partition coefficient (Wildman–Crippen LogP) is 2.68. The fourth-order valence-corrected chi connectivity index (χ4v) is 2.42. The highest BCUT2D eigenvalue weighted by atomic mass is 35.5. The molecule has 0 aromatic heterocycles. The van der Waals surface area contributed by atoms with E-state index in [4.69, 9.17) is 21.4 Å². The van der Waals surface area contributed by atoms with Crippen molar-refractivity contribution in [1.29, 1.82) is 0 Å². The van der Waals surface area contributed by atoms with Gasteiger partial charge in [0.1, 0.15) is 0 Å². The van der Waals surface area contributed by atoms with Gasteiger partial charge in [0, 0.05) is 30.9 Å². The van der Waals surface area contributed by atoms with Gasteiger partial charge >= 0.3 is 12.0 Å². The summed E-state index contributed by atoms with van der Waals surface area (Å²) >= 11 is 5.85. The average molecular weight is 313 g/mol. The van der Waals surface area contributed by atoms with Crippen molar-refractivity contribution in [3.8, 4) is 0 Å². The van der Waals surface area contributed by atoms with E-state index in [2.05, 4.69) is 5.32 Å². The fourth-order valence-electron chi connectivity index (χ4n) is 2.18. The van der Waals surface area contributed by atoms with Crippen LogP contribution >= 0.6 is 11.6 Å². The summed E-state index contributed by atoms with van der Waals surface area (Å²) in [5.41, 5.74) is 0.378. The van der Waals surface area contributed by atoms with E-state index in [1.54, 1.807) is 7.05 Å². The molecule has 0 radical (unpaired) electrons. The normalized spacial score (nSPS) is 17.5. The Morgan fingerprint density at radius 2 is 2.24 bits per heavy atom. The van der Waals surface area contributed by atoms with Crippen molar-refractivity contribution in [3.63, 3.8) is 0 Å². The van der Waals surface area contributed by atoms with Crippen LogP contribution in [0.3, 0.4) is 0 Å². The van der Waals surface area contributed by atoms with Crippen LogP contribution in [0, 0.1) is 0 Å². The van der Waals surface area contributed by atoms with Gasteiger partial charge in [-0.25, -0.2) is 9.59 Å². The molecule has 1 saturated heterocycles. The van der Waals surface area contributed by atoms with Crippen LogP contribution in [-0.4, -0.2) is 48.3 Å². The number of hydrogen-bond donors (Lipinski definition) is 2. The van der Waals surface area contributed by atoms with Crippen LogP contribution < -0.4 is 5.32 Å². The maximum atomic E-state index is 12.1. The number of urea groups is 1. The van der Waals surface area contributed by atoms with Gasteiger partial charge in [0.15, 0.2) is 0 Å². The third-order valence-electron chi connectivity index (χ3n) is 3.24. The fraction of sp³-hybridized carbons (Fsp3) is 0.429. The van der Waals surface area contributed by atoms with E-state index in [0.29, 0.717) is 12.2 Å². The molecule has 1 atom stereocenters. The third-order valence-corrected chi connectivity index (χ3v) is 3.46. The zero-order valence-electron chi connectivity index (χ0n) is 11.6. The minimum Gasteiger partial charge on any atom is -0.478 e. The van der Waals surface area contributed by atoms with Crippen molar-refractivity contribution >= 4 is 29.3 Å². The van der Waals surface area contributed by atoms with Gasteiger partial charge < -0.3 is 20.1 Å². The zero-order chi connectivity index (χ0) is 15.4. The molecule has 2 N–H and O–H groups in total. The van der Waals surface area contributed by atoms with Crippen LogP contribution in [-0.2, 0) is 4.74 Å². The van der Waals surface area contributed by atoms with E-state index in [9.17, 15) is 9.59 Å². The number of carbonyl (C=O) groups excluding carboxylic acids is 1. The molecule has 114 valence electrons. The molecule has 1 aliphatic rings. The second-order valence-corrected chi connectivity index (χ2v) is 5.42. The molecule has 1 aliphatic heterocycles. The lowest BCUT2D eigenvalue weighted by molar-refractivity contribution is 0.0697. The van der Waals surface area contributed by atoms with E-state index in [1.807, 2.05) is 0 Å². The minimum absolute atomic E-state index is 0.0274. The number of nitrogens with zero attached hydrogens (tertiary/aromatic N) is 1. The highest BCUT2D eigenvalue weighted by Crippen LogP contribution is 2.20. The molecule has 7 heteroatoms. The van der Waals surface area contributed by atoms with Gasteiger partial charge in [-0.2, -0.15) is 0 Å². The van der Waals surface area contributed by atoms with E-state index in [1.165, 1.54) is 23.1 Å². The molecule has 2 amide bonds. The van der Waals surface area contributed by atoms with Crippen molar-refractivity contribution in [2.75, 3.05) is 25.5 Å². The lowest BCUT2D eigenvalue weighted by Crippen LogP contribution is -2.37. The first-order valence-electron chi connectivity index (χ1n) is 6.63. The van der Waals surface area contributed by atoms with Crippen molar-refractivity contribution in [1.82, 2.24) is 4.90 Å². The Morgan fingerprint density at radius 3 is 2.86 bits per heavy atom. The Labute approximate surface area is 127 Å². The summed E-state index contributed by atoms with van der Waals surface area (Å²) in [6, 6.07) is 3.87. The zero-order valence-corrected chi connectivity index (χ0v) is 12.4. The summed E-state index contributed by atoms with van der Waals surface area (Å²) in [6.07, 6.45) is 2.02. The number of carboxylic acid groups (broad SMARTS) is 1. The maximum absolute atomic E-state index is 12.1. The van der Waals surface area contributed by atoms with Gasteiger partial charge in [0.2, 0.25) is 0 Å². The summed E-state index contributed by atoms with van der Waals surface area (Å²) in [6.45, 7) is 1.23.